The minimum atomic E-state index is -4.71. The van der Waals surface area contributed by atoms with E-state index < -0.39 is 72.7 Å². The molecule has 0 bridgehead atoms. The predicted octanol–water partition coefficient (Wildman–Crippen LogP) is 18.5. The number of methoxy groups -OCH3 is 1. The number of H-pyrrole nitrogens is 2. The number of hydrogen-bond acceptors (Lipinski definition) is 23. The first-order chi connectivity index (χ1) is 63.1. The third-order valence-electron chi connectivity index (χ3n) is 25.6. The van der Waals surface area contributed by atoms with Crippen LogP contribution in [0.15, 0.2) is 233 Å². The van der Waals surface area contributed by atoms with Crippen molar-refractivity contribution in [3.8, 4) is 40.2 Å². The number of nitro groups is 2. The molecule has 2 atom stereocenters. The Kier molecular flexibility index (Phi) is 25.9. The zero-order valence-electron chi connectivity index (χ0n) is 73.4. The van der Waals surface area contributed by atoms with Gasteiger partial charge >= 0.3 is 0 Å². The monoisotopic (exact) mass is 1880 g/mol. The van der Waals surface area contributed by atoms with Gasteiger partial charge in [-0.25, -0.2) is 44.7 Å². The van der Waals surface area contributed by atoms with Gasteiger partial charge in [0.1, 0.15) is 51.5 Å². The lowest BCUT2D eigenvalue weighted by Gasteiger charge is -2.39. The molecule has 8 aromatic carbocycles. The van der Waals surface area contributed by atoms with Crippen LogP contribution in [-0.2, 0) is 42.7 Å². The summed E-state index contributed by atoms with van der Waals surface area (Å²) in [5.74, 6) is -0.989. The van der Waals surface area contributed by atoms with Gasteiger partial charge < -0.3 is 43.5 Å². The van der Waals surface area contributed by atoms with Crippen molar-refractivity contribution in [3.63, 3.8) is 0 Å². The third kappa shape index (κ3) is 20.6. The van der Waals surface area contributed by atoms with Gasteiger partial charge in [-0.3, -0.25) is 39.6 Å². The van der Waals surface area contributed by atoms with E-state index in [0.29, 0.717) is 65.3 Å². The average Bonchev–Trinajstić information content (AvgIpc) is 1.30. The van der Waals surface area contributed by atoms with Crippen LogP contribution in [0.3, 0.4) is 0 Å². The molecule has 4 aliphatic heterocycles. The highest BCUT2D eigenvalue weighted by atomic mass is 35.5. The Morgan fingerprint density at radius 2 is 0.909 bits per heavy atom. The van der Waals surface area contributed by atoms with Crippen molar-refractivity contribution < 1.29 is 68.4 Å². The molecule has 29 nitrogen and oxygen atoms in total. The molecule has 2 aliphatic carbocycles. The van der Waals surface area contributed by atoms with E-state index in [0.717, 1.165) is 129 Å². The number of allylic oxidation sites excluding steroid dienone is 2. The summed E-state index contributed by atoms with van der Waals surface area (Å²) in [6.07, 6.45) is 14.3. The number of benzene rings is 8. The minimum Gasteiger partial charge on any atom is -0.497 e. The van der Waals surface area contributed by atoms with Crippen LogP contribution < -0.4 is 42.9 Å². The molecule has 6 aliphatic rings. The molecule has 2 amide bonds. The number of nitrogens with zero attached hydrogens (tertiary/aromatic N) is 8. The molecular weight excluding hydrogens is 1780 g/mol. The number of sulfonamides is 2. The van der Waals surface area contributed by atoms with Crippen LogP contribution in [0, 0.1) is 31.1 Å². The number of anilines is 2. The van der Waals surface area contributed by atoms with E-state index in [2.05, 4.69) is 101 Å². The third-order valence-corrected chi connectivity index (χ3v) is 29.9. The van der Waals surface area contributed by atoms with Gasteiger partial charge in [0, 0.05) is 165 Å². The maximum absolute atomic E-state index is 14.1. The molecule has 12 aromatic rings. The predicted molar refractivity (Wildman–Crippen MR) is 506 cm³/mol. The molecule has 2 saturated heterocycles. The summed E-state index contributed by atoms with van der Waals surface area (Å²) < 4.78 is 114. The minimum absolute atomic E-state index is 0.00596. The number of ether oxygens (including phenoxy) is 5. The lowest BCUT2D eigenvalue weighted by molar-refractivity contribution is -0.386. The average molecular weight is 1880 g/mol. The number of piperazine rings is 2. The molecular formula is C98H98Cl2N12O17S3. The standard InChI is InChI=1S/C49H49ClN6O9S2.C49H49ClN6O8S/c1-49(2)16-14-34(43(27-49)32-4-8-36(50)9-5-32)29-54-18-20-55(21-19-54)37-10-13-41(46(24-37)65-38-22-33-15-17-51-47(33)52-28-38)48(57)53-67(62,63)40-25-44(56(58)59)42-23-35(30-64-45(42)26-40)31-6-11-39(12-7-31)66(3,60)61;1-49(2)16-14-34(43(27-49)32-4-8-36(50)9-5-32)29-54-18-20-55(21-19-54)37-10-13-41(46(24-37)64-39-22-33-15-17-51-47(33)52-28-39)48(57)53-65(60,61)40-25-44(56(58)59)42-23-35(30-63-45(42)26-40)31-6-11-38(62-3)12-7-31/h4-13,15,17,22,24-26,28,35H,14,16,18-21,23,27,29-30H2,1-3H3,(H,51,52)(H,53,57);4-13,15,17,22,24-26,28,35H,14,16,18-21,23,27,29-30H2,1-3H3,(H,51,52)(H,53,57)/t2*35-/m10/s1. The summed E-state index contributed by atoms with van der Waals surface area (Å²) in [4.78, 5) is 75.1. The maximum Gasteiger partial charge on any atom is 0.277 e. The van der Waals surface area contributed by atoms with Gasteiger partial charge in [-0.05, 0) is 193 Å². The second-order valence-corrected chi connectivity index (χ2v) is 42.1. The van der Waals surface area contributed by atoms with Crippen molar-refractivity contribution in [1.82, 2.24) is 39.2 Å². The van der Waals surface area contributed by atoms with Gasteiger partial charge in [-0.2, -0.15) is 0 Å². The second-order valence-electron chi connectivity index (χ2n) is 35.9. The number of pyridine rings is 2. The smallest absolute Gasteiger partial charge is 0.277 e. The van der Waals surface area contributed by atoms with Crippen LogP contribution in [0.4, 0.5) is 22.7 Å². The molecule has 8 heterocycles. The molecule has 2 fully saturated rings. The zero-order valence-corrected chi connectivity index (χ0v) is 77.4. The van der Waals surface area contributed by atoms with Gasteiger partial charge in [-0.15, -0.1) is 0 Å². The Balaban J connectivity index is 0.000000184. The number of halogens is 2. The van der Waals surface area contributed by atoms with Gasteiger partial charge in [0.2, 0.25) is 0 Å². The van der Waals surface area contributed by atoms with E-state index >= 15 is 0 Å². The Morgan fingerprint density at radius 3 is 1.30 bits per heavy atom. The zero-order chi connectivity index (χ0) is 92.7. The fourth-order valence-corrected chi connectivity index (χ4v) is 21.1. The summed E-state index contributed by atoms with van der Waals surface area (Å²) in [6, 6.07) is 51.3. The summed E-state index contributed by atoms with van der Waals surface area (Å²) in [6.45, 7) is 17.3. The summed E-state index contributed by atoms with van der Waals surface area (Å²) in [7, 11) is -11.2. The summed E-state index contributed by atoms with van der Waals surface area (Å²) in [5.41, 5.74) is 12.4. The summed E-state index contributed by atoms with van der Waals surface area (Å²) in [5, 5.41) is 27.8. The molecule has 4 N–H and O–H groups in total. The first kappa shape index (κ1) is 91.2. The molecule has 0 radical (unpaired) electrons. The van der Waals surface area contributed by atoms with E-state index in [9.17, 15) is 55.1 Å². The second kappa shape index (κ2) is 37.5. The van der Waals surface area contributed by atoms with Gasteiger partial charge in [0.05, 0.1) is 79.5 Å². The fourth-order valence-electron chi connectivity index (χ4n) is 18.2. The highest BCUT2D eigenvalue weighted by Crippen LogP contribution is 2.48. The van der Waals surface area contributed by atoms with E-state index in [-0.39, 0.29) is 98.9 Å². The number of amides is 2. The SMILES string of the molecule is CC1(C)CCC(CN2CCN(c3ccc(C(=O)NS(=O)(=O)c4cc5c(c([N+](=O)[O-])c4)C[C@@H](c4ccc(S(C)(=O)=O)cc4)CO5)c(Oc4cnc5[nH]ccc5c4)c3)CC2)=C(c2ccc(Cl)cc2)C1.COc1ccc([C@@H]2COc3cc(S(=O)(=O)NC(=O)c4ccc(N5CCN(CC6=C(c7ccc(Cl)cc7)CC(C)(C)CC6)CC5)cc4Oc4cnc5[nH]ccc5c4)cc([N+](=O)[O-])c3C2)cc1. The highest BCUT2D eigenvalue weighted by Gasteiger charge is 2.38. The molecule has 4 aromatic heterocycles. The number of aromatic amines is 2. The molecule has 684 valence electrons. The fraction of sp³-hybridized carbons (Fsp3) is 0.306. The van der Waals surface area contributed by atoms with Crippen LogP contribution in [0.5, 0.6) is 40.2 Å². The Labute approximate surface area is 774 Å². The number of nitrogens with one attached hydrogen (secondary N) is 4. The Hall–Kier alpha value is -12.7. The number of sulfone groups is 1. The lowest BCUT2D eigenvalue weighted by Crippen LogP contribution is -2.47. The number of hydrogen-bond donors (Lipinski definition) is 4. The Morgan fingerprint density at radius 1 is 0.508 bits per heavy atom. The molecule has 34 heteroatoms. The number of carbonyl (C=O) groups is 2. The lowest BCUT2D eigenvalue weighted by atomic mass is 9.72. The first-order valence-electron chi connectivity index (χ1n) is 43.5. The van der Waals surface area contributed by atoms with Gasteiger partial charge in [0.25, 0.3) is 43.2 Å². The highest BCUT2D eigenvalue weighted by molar-refractivity contribution is 7.91. The number of carbonyl (C=O) groups excluding carboxylic acids is 2. The number of nitro benzene ring substituents is 2. The van der Waals surface area contributed by atoms with E-state index in [1.165, 1.54) is 82.2 Å². The van der Waals surface area contributed by atoms with E-state index in [1.54, 1.807) is 80.2 Å². The normalized spacial score (nSPS) is 17.7. The molecule has 132 heavy (non-hydrogen) atoms. The van der Waals surface area contributed by atoms with Crippen LogP contribution in [-0.4, -0.2) is 169 Å². The van der Waals surface area contributed by atoms with E-state index in [1.807, 2.05) is 48.5 Å². The van der Waals surface area contributed by atoms with Crippen molar-refractivity contribution in [2.45, 2.75) is 106 Å². The van der Waals surface area contributed by atoms with Crippen LogP contribution in [0.2, 0.25) is 10.0 Å². The van der Waals surface area contributed by atoms with Crippen LogP contribution >= 0.6 is 23.2 Å². The molecule has 0 spiro atoms. The van der Waals surface area contributed by atoms with Crippen molar-refractivity contribution in [2.24, 2.45) is 10.8 Å². The van der Waals surface area contributed by atoms with Crippen LogP contribution in [0.25, 0.3) is 33.2 Å². The summed E-state index contributed by atoms with van der Waals surface area (Å²) >= 11 is 12.5. The van der Waals surface area contributed by atoms with Crippen molar-refractivity contribution in [3.05, 3.63) is 293 Å². The van der Waals surface area contributed by atoms with Gasteiger partial charge in [0.15, 0.2) is 9.84 Å². The maximum atomic E-state index is 14.1. The number of aromatic nitrogens is 4. The number of fused-ring (bicyclic) bond motifs is 4. The van der Waals surface area contributed by atoms with Crippen molar-refractivity contribution in [1.29, 1.82) is 0 Å². The van der Waals surface area contributed by atoms with Crippen molar-refractivity contribution >= 4 is 121 Å². The topological polar surface area (TPSA) is 363 Å². The molecule has 0 unspecified atom stereocenters. The Bertz CT molecular complexity index is 6920. The number of rotatable bonds is 24. The quantitative estimate of drug-likeness (QED) is 0.0322. The largest absolute Gasteiger partial charge is 0.497 e. The molecule has 18 rings (SSSR count). The van der Waals surface area contributed by atoms with Crippen molar-refractivity contribution in [2.75, 3.05) is 102 Å². The molecule has 0 saturated carbocycles. The van der Waals surface area contributed by atoms with Gasteiger partial charge in [-0.1, -0.05) is 111 Å². The van der Waals surface area contributed by atoms with Crippen LogP contribution in [0.1, 0.15) is 132 Å². The van der Waals surface area contributed by atoms with E-state index in [4.69, 9.17) is 46.9 Å². The first-order valence-corrected chi connectivity index (χ1v) is 49.1.